The Balaban J connectivity index is 1.45. The second kappa shape index (κ2) is 7.29. The zero-order valence-corrected chi connectivity index (χ0v) is 14.0. The van der Waals surface area contributed by atoms with Gasteiger partial charge in [-0.25, -0.2) is 14.5 Å². The first-order valence-corrected chi connectivity index (χ1v) is 8.72. The maximum Gasteiger partial charge on any atom is 0.315 e. The number of fused-ring (bicyclic) bond motifs is 1. The highest BCUT2D eigenvalue weighted by Gasteiger charge is 2.25. The topological polar surface area (TPSA) is 81.1 Å². The van der Waals surface area contributed by atoms with Crippen molar-refractivity contribution in [2.75, 3.05) is 6.61 Å². The molecule has 2 N–H and O–H groups in total. The molecule has 3 atom stereocenters. The van der Waals surface area contributed by atoms with Gasteiger partial charge < -0.3 is 15.4 Å². The maximum absolute atomic E-state index is 12.2. The van der Waals surface area contributed by atoms with Crippen LogP contribution in [0, 0.1) is 6.92 Å². The fraction of sp³-hybridized carbons (Fsp3) is 0.812. The van der Waals surface area contributed by atoms with Gasteiger partial charge in [-0.2, -0.15) is 5.10 Å². The quantitative estimate of drug-likeness (QED) is 0.870. The number of urea groups is 1. The number of aryl methyl sites for hydroxylation is 2. The van der Waals surface area contributed by atoms with Gasteiger partial charge in [0.2, 0.25) is 0 Å². The number of carbonyl (C=O) groups excluding carboxylic acids is 1. The molecule has 1 fully saturated rings. The van der Waals surface area contributed by atoms with E-state index in [0.29, 0.717) is 6.10 Å². The van der Waals surface area contributed by atoms with Crippen molar-refractivity contribution < 1.29 is 9.53 Å². The second-order valence-electron chi connectivity index (χ2n) is 6.67. The molecule has 1 aromatic heterocycles. The summed E-state index contributed by atoms with van der Waals surface area (Å²) < 4.78 is 7.53. The molecule has 0 radical (unpaired) electrons. The van der Waals surface area contributed by atoms with Gasteiger partial charge in [0.05, 0.1) is 12.1 Å². The molecule has 128 valence electrons. The minimum atomic E-state index is -0.121. The van der Waals surface area contributed by atoms with Crippen LogP contribution in [0.15, 0.2) is 0 Å². The van der Waals surface area contributed by atoms with Gasteiger partial charge in [-0.15, -0.1) is 0 Å². The van der Waals surface area contributed by atoms with Gasteiger partial charge in [0.1, 0.15) is 11.6 Å². The Morgan fingerprint density at radius 1 is 1.43 bits per heavy atom. The summed E-state index contributed by atoms with van der Waals surface area (Å²) in [6, 6.07) is -0.0262. The molecule has 1 aromatic rings. The Morgan fingerprint density at radius 3 is 3.09 bits per heavy atom. The summed E-state index contributed by atoms with van der Waals surface area (Å²) in [5.74, 6) is 1.63. The fourth-order valence-electron chi connectivity index (χ4n) is 3.41. The van der Waals surface area contributed by atoms with E-state index in [0.717, 1.165) is 63.3 Å². The molecule has 0 saturated carbocycles. The van der Waals surface area contributed by atoms with Crippen LogP contribution in [-0.4, -0.2) is 39.5 Å². The van der Waals surface area contributed by atoms with Crippen molar-refractivity contribution in [3.05, 3.63) is 11.6 Å². The van der Waals surface area contributed by atoms with E-state index >= 15 is 0 Å². The Morgan fingerprint density at radius 2 is 2.30 bits per heavy atom. The molecule has 0 aliphatic carbocycles. The monoisotopic (exact) mass is 321 g/mol. The lowest BCUT2D eigenvalue weighted by molar-refractivity contribution is 0.100. The summed E-state index contributed by atoms with van der Waals surface area (Å²) in [5, 5.41) is 10.4. The van der Waals surface area contributed by atoms with E-state index in [4.69, 9.17) is 4.74 Å². The molecule has 2 amide bonds. The van der Waals surface area contributed by atoms with E-state index in [2.05, 4.69) is 20.7 Å². The van der Waals surface area contributed by atoms with Crippen LogP contribution in [0.5, 0.6) is 0 Å². The Bertz CT molecular complexity index is 539. The van der Waals surface area contributed by atoms with Crippen molar-refractivity contribution in [3.63, 3.8) is 0 Å². The Kier molecular flexibility index (Phi) is 5.15. The van der Waals surface area contributed by atoms with Gasteiger partial charge >= 0.3 is 6.03 Å². The number of ether oxygens (including phenoxy) is 1. The number of rotatable bonds is 5. The molecule has 3 rings (SSSR count). The highest BCUT2D eigenvalue weighted by Crippen LogP contribution is 2.23. The standard InChI is InChI=1S/C16H27N5O2/c1-11(7-8-13-5-4-10-23-13)17-16(22)19-14-6-3-9-21-15(14)18-12(2)20-21/h11,13-14H,3-10H2,1-2H3,(H2,17,19,22)/t11-,13-,14+/m1/s1. The largest absolute Gasteiger partial charge is 0.378 e. The van der Waals surface area contributed by atoms with Gasteiger partial charge in [-0.3, -0.25) is 0 Å². The van der Waals surface area contributed by atoms with Crippen LogP contribution >= 0.6 is 0 Å². The van der Waals surface area contributed by atoms with E-state index in [1.165, 1.54) is 0 Å². The maximum atomic E-state index is 12.2. The molecular weight excluding hydrogens is 294 g/mol. The van der Waals surface area contributed by atoms with Gasteiger partial charge in [-0.05, 0) is 52.4 Å². The van der Waals surface area contributed by atoms with Crippen LogP contribution in [0.2, 0.25) is 0 Å². The normalized spacial score (nSPS) is 25.0. The second-order valence-corrected chi connectivity index (χ2v) is 6.67. The lowest BCUT2D eigenvalue weighted by atomic mass is 10.1. The van der Waals surface area contributed by atoms with E-state index in [1.54, 1.807) is 0 Å². The van der Waals surface area contributed by atoms with Crippen molar-refractivity contribution in [2.24, 2.45) is 0 Å². The number of amides is 2. The molecule has 2 aliphatic rings. The van der Waals surface area contributed by atoms with Gasteiger partial charge in [0.15, 0.2) is 0 Å². The predicted octanol–water partition coefficient (Wildman–Crippen LogP) is 2.07. The number of nitrogens with one attached hydrogen (secondary N) is 2. The SMILES string of the molecule is Cc1nc2n(n1)CCC[C@@H]2NC(=O)N[C@H](C)CC[C@H]1CCCO1. The van der Waals surface area contributed by atoms with Crippen molar-refractivity contribution in [1.29, 1.82) is 0 Å². The molecule has 7 heteroatoms. The molecule has 2 aliphatic heterocycles. The zero-order valence-electron chi connectivity index (χ0n) is 14.0. The first-order chi connectivity index (χ1) is 11.1. The summed E-state index contributed by atoms with van der Waals surface area (Å²) in [4.78, 5) is 16.7. The first kappa shape index (κ1) is 16.2. The number of aromatic nitrogens is 3. The lowest BCUT2D eigenvalue weighted by Gasteiger charge is -2.24. The molecule has 7 nitrogen and oxygen atoms in total. The van der Waals surface area contributed by atoms with E-state index in [9.17, 15) is 4.79 Å². The van der Waals surface area contributed by atoms with Crippen LogP contribution < -0.4 is 10.6 Å². The van der Waals surface area contributed by atoms with Gasteiger partial charge in [0.25, 0.3) is 0 Å². The Hall–Kier alpha value is -1.63. The smallest absolute Gasteiger partial charge is 0.315 e. The molecule has 3 heterocycles. The molecule has 23 heavy (non-hydrogen) atoms. The minimum absolute atomic E-state index is 0.0460. The zero-order chi connectivity index (χ0) is 16.2. The van der Waals surface area contributed by atoms with E-state index in [-0.39, 0.29) is 18.1 Å². The van der Waals surface area contributed by atoms with Gasteiger partial charge in [-0.1, -0.05) is 0 Å². The van der Waals surface area contributed by atoms with Crippen LogP contribution in [0.1, 0.15) is 63.1 Å². The molecule has 1 saturated heterocycles. The third kappa shape index (κ3) is 4.22. The van der Waals surface area contributed by atoms with Crippen molar-refractivity contribution in [3.8, 4) is 0 Å². The summed E-state index contributed by atoms with van der Waals surface area (Å²) >= 11 is 0. The molecule has 0 unspecified atom stereocenters. The Labute approximate surface area is 137 Å². The number of hydrogen-bond donors (Lipinski definition) is 2. The average molecular weight is 321 g/mol. The number of hydrogen-bond acceptors (Lipinski definition) is 4. The molecule has 0 bridgehead atoms. The van der Waals surface area contributed by atoms with Crippen molar-refractivity contribution >= 4 is 6.03 Å². The highest BCUT2D eigenvalue weighted by atomic mass is 16.5. The van der Waals surface area contributed by atoms with Crippen LogP contribution in [-0.2, 0) is 11.3 Å². The van der Waals surface area contributed by atoms with Crippen LogP contribution in [0.3, 0.4) is 0 Å². The van der Waals surface area contributed by atoms with Crippen molar-refractivity contribution in [1.82, 2.24) is 25.4 Å². The van der Waals surface area contributed by atoms with E-state index in [1.807, 2.05) is 18.5 Å². The highest BCUT2D eigenvalue weighted by molar-refractivity contribution is 5.74. The summed E-state index contributed by atoms with van der Waals surface area (Å²) in [6.07, 6.45) is 6.56. The van der Waals surface area contributed by atoms with Crippen LogP contribution in [0.25, 0.3) is 0 Å². The summed E-state index contributed by atoms with van der Waals surface area (Å²) in [5.41, 5.74) is 0. The predicted molar refractivity (Wildman–Crippen MR) is 86.1 cm³/mol. The average Bonchev–Trinajstić information content (AvgIpc) is 3.13. The van der Waals surface area contributed by atoms with Crippen LogP contribution in [0.4, 0.5) is 4.79 Å². The third-order valence-electron chi connectivity index (χ3n) is 4.61. The summed E-state index contributed by atoms with van der Waals surface area (Å²) in [7, 11) is 0. The van der Waals surface area contributed by atoms with Crippen molar-refractivity contribution in [2.45, 2.75) is 77.1 Å². The number of nitrogens with zero attached hydrogens (tertiary/aromatic N) is 3. The van der Waals surface area contributed by atoms with E-state index < -0.39 is 0 Å². The third-order valence-corrected chi connectivity index (χ3v) is 4.61. The fourth-order valence-corrected chi connectivity index (χ4v) is 3.41. The van der Waals surface area contributed by atoms with Gasteiger partial charge in [0, 0.05) is 19.2 Å². The first-order valence-electron chi connectivity index (χ1n) is 8.72. The molecule has 0 aromatic carbocycles. The number of carbonyl (C=O) groups is 1. The lowest BCUT2D eigenvalue weighted by Crippen LogP contribution is -2.44. The molecular formula is C16H27N5O2. The minimum Gasteiger partial charge on any atom is -0.378 e. The molecule has 0 spiro atoms. The summed E-state index contributed by atoms with van der Waals surface area (Å²) in [6.45, 7) is 5.69.